The van der Waals surface area contributed by atoms with Crippen LogP contribution in [0.15, 0.2) is 54.7 Å². The first-order chi connectivity index (χ1) is 14.9. The third-order valence-electron chi connectivity index (χ3n) is 5.71. The van der Waals surface area contributed by atoms with Gasteiger partial charge in [-0.1, -0.05) is 42.5 Å². The van der Waals surface area contributed by atoms with E-state index in [1.165, 1.54) is 11.2 Å². The maximum atomic E-state index is 12.8. The molecule has 162 valence electrons. The summed E-state index contributed by atoms with van der Waals surface area (Å²) in [5.41, 5.74) is 3.60. The number of nitrogens with zero attached hydrogens (tertiary/aromatic N) is 2. The van der Waals surface area contributed by atoms with E-state index in [9.17, 15) is 18.0 Å². The second-order valence-corrected chi connectivity index (χ2v) is 9.72. The molecule has 0 fully saturated rings. The molecule has 1 unspecified atom stereocenters. The van der Waals surface area contributed by atoms with E-state index in [4.69, 9.17) is 0 Å². The van der Waals surface area contributed by atoms with Gasteiger partial charge in [0.15, 0.2) is 0 Å². The molecule has 1 N–H and O–H groups in total. The van der Waals surface area contributed by atoms with Gasteiger partial charge in [-0.3, -0.25) is 13.9 Å². The van der Waals surface area contributed by atoms with E-state index in [0.717, 1.165) is 22.4 Å². The van der Waals surface area contributed by atoms with E-state index in [1.54, 1.807) is 11.1 Å². The van der Waals surface area contributed by atoms with Crippen molar-refractivity contribution >= 4 is 33.6 Å². The first-order valence-corrected chi connectivity index (χ1v) is 11.9. The molecule has 2 aromatic carbocycles. The average Bonchev–Trinajstić information content (AvgIpc) is 3.19. The SMILES string of the molecule is CC(=O)N1C=Cc2ccccc2C1CC(=O)NCCS(=O)(=O)N1CCc2ccccc21. The van der Waals surface area contributed by atoms with Crippen molar-refractivity contribution in [3.05, 3.63) is 71.4 Å². The van der Waals surface area contributed by atoms with Gasteiger partial charge in [0.05, 0.1) is 23.9 Å². The van der Waals surface area contributed by atoms with E-state index >= 15 is 0 Å². The number of anilines is 1. The van der Waals surface area contributed by atoms with Crippen LogP contribution < -0.4 is 9.62 Å². The van der Waals surface area contributed by atoms with Crippen LogP contribution in [0.3, 0.4) is 0 Å². The second-order valence-electron chi connectivity index (χ2n) is 7.71. The van der Waals surface area contributed by atoms with Gasteiger partial charge in [-0.15, -0.1) is 0 Å². The normalized spacial score (nSPS) is 17.3. The van der Waals surface area contributed by atoms with Crippen LogP contribution in [0, 0.1) is 0 Å². The lowest BCUT2D eigenvalue weighted by atomic mass is 9.93. The number of hydrogen-bond donors (Lipinski definition) is 1. The van der Waals surface area contributed by atoms with Gasteiger partial charge in [-0.2, -0.15) is 0 Å². The Kier molecular flexibility index (Phi) is 5.82. The van der Waals surface area contributed by atoms with Crippen molar-refractivity contribution in [3.8, 4) is 0 Å². The minimum atomic E-state index is -3.53. The molecule has 0 radical (unpaired) electrons. The zero-order chi connectivity index (χ0) is 22.0. The molecule has 0 saturated heterocycles. The first-order valence-electron chi connectivity index (χ1n) is 10.3. The maximum Gasteiger partial charge on any atom is 0.236 e. The lowest BCUT2D eigenvalue weighted by Gasteiger charge is -2.32. The lowest BCUT2D eigenvalue weighted by molar-refractivity contribution is -0.129. The van der Waals surface area contributed by atoms with E-state index < -0.39 is 16.1 Å². The highest BCUT2D eigenvalue weighted by molar-refractivity contribution is 7.92. The highest BCUT2D eigenvalue weighted by atomic mass is 32.2. The number of benzene rings is 2. The summed E-state index contributed by atoms with van der Waals surface area (Å²) in [6.45, 7) is 1.90. The van der Waals surface area contributed by atoms with Crippen LogP contribution in [-0.4, -0.2) is 44.0 Å². The summed E-state index contributed by atoms with van der Waals surface area (Å²) >= 11 is 0. The Morgan fingerprint density at radius 2 is 1.84 bits per heavy atom. The monoisotopic (exact) mass is 439 g/mol. The number of nitrogens with one attached hydrogen (secondary N) is 1. The number of hydrogen-bond acceptors (Lipinski definition) is 4. The van der Waals surface area contributed by atoms with Gasteiger partial charge in [0.25, 0.3) is 0 Å². The van der Waals surface area contributed by atoms with Crippen molar-refractivity contribution in [3.63, 3.8) is 0 Å². The molecule has 1 atom stereocenters. The summed E-state index contributed by atoms with van der Waals surface area (Å²) in [5, 5.41) is 2.72. The third-order valence-corrected chi connectivity index (χ3v) is 7.48. The van der Waals surface area contributed by atoms with E-state index in [0.29, 0.717) is 13.0 Å². The fourth-order valence-corrected chi connectivity index (χ4v) is 5.62. The van der Waals surface area contributed by atoms with Crippen molar-refractivity contribution < 1.29 is 18.0 Å². The minimum absolute atomic E-state index is 0.0180. The number of fused-ring (bicyclic) bond motifs is 2. The fourth-order valence-electron chi connectivity index (χ4n) is 4.19. The Bertz CT molecular complexity index is 1140. The van der Waals surface area contributed by atoms with Gasteiger partial charge in [0.1, 0.15) is 0 Å². The molecule has 31 heavy (non-hydrogen) atoms. The smallest absolute Gasteiger partial charge is 0.236 e. The predicted octanol–water partition coefficient (Wildman–Crippen LogP) is 2.46. The summed E-state index contributed by atoms with van der Waals surface area (Å²) in [6, 6.07) is 14.7. The number of amides is 2. The standard InChI is InChI=1S/C23H25N3O4S/c1-17(27)25-13-10-18-6-2-4-8-20(18)22(25)16-23(28)24-12-15-31(29,30)26-14-11-19-7-3-5-9-21(19)26/h2-10,13,22H,11-12,14-16H2,1H3,(H,24,28). The summed E-state index contributed by atoms with van der Waals surface area (Å²) in [5.74, 6) is -0.623. The molecule has 7 nitrogen and oxygen atoms in total. The van der Waals surface area contributed by atoms with E-state index in [2.05, 4.69) is 5.32 Å². The van der Waals surface area contributed by atoms with Crippen LogP contribution in [0.1, 0.15) is 36.1 Å². The lowest BCUT2D eigenvalue weighted by Crippen LogP contribution is -2.39. The molecule has 0 aromatic heterocycles. The predicted molar refractivity (Wildman–Crippen MR) is 120 cm³/mol. The first kappa shape index (κ1) is 21.1. The number of carbonyl (C=O) groups excluding carboxylic acids is 2. The topological polar surface area (TPSA) is 86.8 Å². The summed E-state index contributed by atoms with van der Waals surface area (Å²) < 4.78 is 27.0. The van der Waals surface area contributed by atoms with Gasteiger partial charge < -0.3 is 10.2 Å². The van der Waals surface area contributed by atoms with E-state index in [-0.39, 0.29) is 30.5 Å². The summed E-state index contributed by atoms with van der Waals surface area (Å²) in [4.78, 5) is 26.2. The number of para-hydroxylation sites is 1. The number of sulfonamides is 1. The molecule has 0 bridgehead atoms. The molecule has 2 aromatic rings. The Hall–Kier alpha value is -3.13. The van der Waals surface area contributed by atoms with Gasteiger partial charge in [-0.05, 0) is 35.3 Å². The highest BCUT2D eigenvalue weighted by Crippen LogP contribution is 2.33. The number of rotatable bonds is 6. The molecule has 4 rings (SSSR count). The summed E-state index contributed by atoms with van der Waals surface area (Å²) in [6.07, 6.45) is 4.30. The fraction of sp³-hybridized carbons (Fsp3) is 0.304. The van der Waals surface area contributed by atoms with Crippen LogP contribution in [0.2, 0.25) is 0 Å². The molecule has 0 saturated carbocycles. The highest BCUT2D eigenvalue weighted by Gasteiger charge is 2.30. The maximum absolute atomic E-state index is 12.8. The van der Waals surface area contributed by atoms with Crippen LogP contribution in [0.5, 0.6) is 0 Å². The zero-order valence-corrected chi connectivity index (χ0v) is 18.1. The van der Waals surface area contributed by atoms with Crippen molar-refractivity contribution in [2.45, 2.75) is 25.8 Å². The van der Waals surface area contributed by atoms with Gasteiger partial charge in [-0.25, -0.2) is 8.42 Å². The molecule has 2 aliphatic rings. The largest absolute Gasteiger partial charge is 0.355 e. The molecular weight excluding hydrogens is 414 g/mol. The molecule has 2 aliphatic heterocycles. The Morgan fingerprint density at radius 1 is 1.10 bits per heavy atom. The van der Waals surface area contributed by atoms with Gasteiger partial charge >= 0.3 is 0 Å². The second kappa shape index (κ2) is 8.55. The van der Waals surface area contributed by atoms with Crippen LogP contribution in [-0.2, 0) is 26.0 Å². The average molecular weight is 440 g/mol. The third kappa shape index (κ3) is 4.34. The van der Waals surface area contributed by atoms with Gasteiger partial charge in [0, 0.05) is 26.2 Å². The van der Waals surface area contributed by atoms with Crippen molar-refractivity contribution in [1.29, 1.82) is 0 Å². The molecule has 8 heteroatoms. The molecule has 2 amide bonds. The molecular formula is C23H25N3O4S. The molecule has 0 spiro atoms. The Morgan fingerprint density at radius 3 is 2.65 bits per heavy atom. The molecule has 2 heterocycles. The van der Waals surface area contributed by atoms with Crippen molar-refractivity contribution in [2.24, 2.45) is 0 Å². The Labute approximate surface area is 182 Å². The van der Waals surface area contributed by atoms with Crippen LogP contribution in [0.25, 0.3) is 6.08 Å². The minimum Gasteiger partial charge on any atom is -0.355 e. The van der Waals surface area contributed by atoms with Crippen molar-refractivity contribution in [1.82, 2.24) is 10.2 Å². The Balaban J connectivity index is 1.38. The van der Waals surface area contributed by atoms with Crippen LogP contribution in [0.4, 0.5) is 5.69 Å². The quantitative estimate of drug-likeness (QED) is 0.749. The molecule has 0 aliphatic carbocycles. The van der Waals surface area contributed by atoms with Gasteiger partial charge in [0.2, 0.25) is 21.8 Å². The van der Waals surface area contributed by atoms with Crippen LogP contribution >= 0.6 is 0 Å². The van der Waals surface area contributed by atoms with E-state index in [1.807, 2.05) is 54.6 Å². The number of carbonyl (C=O) groups is 2. The van der Waals surface area contributed by atoms with Crippen molar-refractivity contribution in [2.75, 3.05) is 23.1 Å². The zero-order valence-electron chi connectivity index (χ0n) is 17.3. The summed E-state index contributed by atoms with van der Waals surface area (Å²) in [7, 11) is -3.53.